The van der Waals surface area contributed by atoms with Gasteiger partial charge in [0, 0.05) is 6.54 Å². The normalized spacial score (nSPS) is 14.6. The maximum Gasteiger partial charge on any atom is 0.291 e. The summed E-state index contributed by atoms with van der Waals surface area (Å²) < 4.78 is 17.9. The van der Waals surface area contributed by atoms with Gasteiger partial charge in [0.05, 0.1) is 30.7 Å². The van der Waals surface area contributed by atoms with Crippen LogP contribution < -0.4 is 14.9 Å². The molecule has 0 saturated carbocycles. The van der Waals surface area contributed by atoms with Crippen LogP contribution in [0.15, 0.2) is 63.8 Å². The van der Waals surface area contributed by atoms with Crippen LogP contribution in [0, 0.1) is 20.8 Å². The first kappa shape index (κ1) is 26.5. The van der Waals surface area contributed by atoms with Crippen molar-refractivity contribution in [3.05, 3.63) is 104 Å². The smallest absolute Gasteiger partial charge is 0.291 e. The third-order valence-electron chi connectivity index (χ3n) is 7.56. The predicted octanol–water partition coefficient (Wildman–Crippen LogP) is 7.04. The highest BCUT2D eigenvalue weighted by atomic mass is 16.5. The minimum absolute atomic E-state index is 0.103. The van der Waals surface area contributed by atoms with Gasteiger partial charge in [0.1, 0.15) is 5.58 Å². The molecular formula is C33H35NO5. The van der Waals surface area contributed by atoms with Crippen molar-refractivity contribution < 1.29 is 18.7 Å². The minimum atomic E-state index is -0.626. The van der Waals surface area contributed by atoms with Crippen LogP contribution in [0.2, 0.25) is 0 Å². The van der Waals surface area contributed by atoms with Crippen LogP contribution in [0.5, 0.6) is 11.5 Å². The molecule has 1 atom stereocenters. The summed E-state index contributed by atoms with van der Waals surface area (Å²) in [5.74, 6) is 1.01. The molecule has 0 radical (unpaired) electrons. The third kappa shape index (κ3) is 5.03. The molecule has 6 nitrogen and oxygen atoms in total. The average Bonchev–Trinajstić information content (AvgIpc) is 3.20. The van der Waals surface area contributed by atoms with E-state index in [2.05, 4.69) is 6.92 Å². The Morgan fingerprint density at radius 3 is 2.36 bits per heavy atom. The number of hydrogen-bond acceptors (Lipinski definition) is 5. The van der Waals surface area contributed by atoms with Gasteiger partial charge in [-0.2, -0.15) is 0 Å². The van der Waals surface area contributed by atoms with E-state index in [0.717, 1.165) is 47.1 Å². The quantitative estimate of drug-likeness (QED) is 0.219. The van der Waals surface area contributed by atoms with Crippen molar-refractivity contribution in [3.8, 4) is 11.5 Å². The summed E-state index contributed by atoms with van der Waals surface area (Å²) in [6.07, 6.45) is 3.17. The Hall–Kier alpha value is -4.06. The number of rotatable bonds is 9. The van der Waals surface area contributed by atoms with E-state index in [0.29, 0.717) is 41.2 Å². The van der Waals surface area contributed by atoms with Gasteiger partial charge >= 0.3 is 0 Å². The summed E-state index contributed by atoms with van der Waals surface area (Å²) in [7, 11) is 1.60. The van der Waals surface area contributed by atoms with Crippen LogP contribution >= 0.6 is 0 Å². The van der Waals surface area contributed by atoms with Gasteiger partial charge in [-0.3, -0.25) is 9.59 Å². The van der Waals surface area contributed by atoms with Crippen molar-refractivity contribution in [3.63, 3.8) is 0 Å². The van der Waals surface area contributed by atoms with Gasteiger partial charge in [0.15, 0.2) is 16.9 Å². The lowest BCUT2D eigenvalue weighted by Gasteiger charge is -2.26. The molecule has 2 heterocycles. The Morgan fingerprint density at radius 2 is 1.64 bits per heavy atom. The second kappa shape index (κ2) is 11.0. The maximum atomic E-state index is 14.0. The number of amides is 1. The highest BCUT2D eigenvalue weighted by molar-refractivity contribution is 5.99. The van der Waals surface area contributed by atoms with Crippen molar-refractivity contribution in [2.24, 2.45) is 0 Å². The fraction of sp³-hybridized carbons (Fsp3) is 0.333. The number of methoxy groups -OCH3 is 1. The van der Waals surface area contributed by atoms with Gasteiger partial charge in [-0.25, -0.2) is 0 Å². The molecule has 6 heteroatoms. The molecule has 5 rings (SSSR count). The molecule has 0 saturated heterocycles. The van der Waals surface area contributed by atoms with E-state index in [9.17, 15) is 9.59 Å². The summed E-state index contributed by atoms with van der Waals surface area (Å²) in [6.45, 7) is 9.05. The number of ether oxygens (including phenoxy) is 2. The van der Waals surface area contributed by atoms with Gasteiger partial charge in [0.25, 0.3) is 5.91 Å². The first-order valence-electron chi connectivity index (χ1n) is 13.6. The lowest BCUT2D eigenvalue weighted by Crippen LogP contribution is -2.29. The molecule has 39 heavy (non-hydrogen) atoms. The molecule has 1 aliphatic heterocycles. The lowest BCUT2D eigenvalue weighted by molar-refractivity contribution is 0.0714. The Morgan fingerprint density at radius 1 is 0.897 bits per heavy atom. The molecule has 0 bridgehead atoms. The fourth-order valence-corrected chi connectivity index (χ4v) is 5.18. The molecule has 1 aliphatic rings. The topological polar surface area (TPSA) is 69.0 Å². The van der Waals surface area contributed by atoms with E-state index < -0.39 is 6.04 Å². The number of fused-ring (bicyclic) bond motifs is 2. The molecule has 3 aromatic carbocycles. The van der Waals surface area contributed by atoms with E-state index in [-0.39, 0.29) is 17.1 Å². The summed E-state index contributed by atoms with van der Waals surface area (Å²) in [5, 5.41) is 0.481. The number of unbranched alkanes of at least 4 members (excludes halogenated alkanes) is 2. The zero-order valence-corrected chi connectivity index (χ0v) is 23.3. The van der Waals surface area contributed by atoms with E-state index in [4.69, 9.17) is 13.9 Å². The Balaban J connectivity index is 1.63. The second-order valence-corrected chi connectivity index (χ2v) is 10.4. The largest absolute Gasteiger partial charge is 0.493 e. The van der Waals surface area contributed by atoms with Crippen LogP contribution in [0.1, 0.15) is 76.2 Å². The van der Waals surface area contributed by atoms with Gasteiger partial charge in [-0.05, 0) is 73.7 Å². The molecule has 0 fully saturated rings. The molecule has 1 aromatic heterocycles. The van der Waals surface area contributed by atoms with Crippen LogP contribution in [-0.2, 0) is 6.54 Å². The van der Waals surface area contributed by atoms with Crippen LogP contribution in [0.4, 0.5) is 0 Å². The zero-order chi connectivity index (χ0) is 27.7. The van der Waals surface area contributed by atoms with Crippen LogP contribution in [0.25, 0.3) is 11.0 Å². The first-order chi connectivity index (χ1) is 18.8. The summed E-state index contributed by atoms with van der Waals surface area (Å²) >= 11 is 0. The number of nitrogens with zero attached hydrogens (tertiary/aromatic N) is 1. The lowest BCUT2D eigenvalue weighted by atomic mass is 9.97. The van der Waals surface area contributed by atoms with E-state index in [1.165, 1.54) is 0 Å². The maximum absolute atomic E-state index is 14.0. The molecule has 0 N–H and O–H groups in total. The number of carbonyl (C=O) groups is 1. The zero-order valence-electron chi connectivity index (χ0n) is 23.3. The van der Waals surface area contributed by atoms with E-state index in [1.807, 2.05) is 75.4 Å². The molecule has 0 aliphatic carbocycles. The van der Waals surface area contributed by atoms with Crippen molar-refractivity contribution in [2.45, 2.75) is 59.5 Å². The summed E-state index contributed by atoms with van der Waals surface area (Å²) in [4.78, 5) is 29.6. The molecule has 1 unspecified atom stereocenters. The monoisotopic (exact) mass is 525 g/mol. The number of carbonyl (C=O) groups excluding carboxylic acids is 1. The van der Waals surface area contributed by atoms with E-state index >= 15 is 0 Å². The summed E-state index contributed by atoms with van der Waals surface area (Å²) in [5.41, 5.74) is 5.49. The standard InChI is InChI=1S/C33H35NO5/c1-6-7-8-15-38-26-14-13-24(18-28(26)37-5)30-29-31(35)25-16-21(3)22(4)17-27(25)39-32(29)33(36)34(30)19-23-11-9-20(2)10-12-23/h9-14,16-18,30H,6-8,15,19H2,1-5H3. The SMILES string of the molecule is CCCCCOc1ccc(C2c3c(oc4cc(C)c(C)cc4c3=O)C(=O)N2Cc2ccc(C)cc2)cc1OC. The predicted molar refractivity (Wildman–Crippen MR) is 153 cm³/mol. The minimum Gasteiger partial charge on any atom is -0.493 e. The Kier molecular flexibility index (Phi) is 7.47. The van der Waals surface area contributed by atoms with Crippen LogP contribution in [-0.4, -0.2) is 24.5 Å². The molecular weight excluding hydrogens is 490 g/mol. The first-order valence-corrected chi connectivity index (χ1v) is 13.6. The van der Waals surface area contributed by atoms with Gasteiger partial charge in [0.2, 0.25) is 5.76 Å². The number of hydrogen-bond donors (Lipinski definition) is 0. The van der Waals surface area contributed by atoms with Crippen molar-refractivity contribution in [1.29, 1.82) is 0 Å². The fourth-order valence-electron chi connectivity index (χ4n) is 5.18. The second-order valence-electron chi connectivity index (χ2n) is 10.4. The molecule has 1 amide bonds. The highest BCUT2D eigenvalue weighted by Gasteiger charge is 2.43. The summed E-state index contributed by atoms with van der Waals surface area (Å²) in [6, 6.07) is 16.8. The highest BCUT2D eigenvalue weighted by Crippen LogP contribution is 2.42. The van der Waals surface area contributed by atoms with Gasteiger partial charge in [-0.15, -0.1) is 0 Å². The van der Waals surface area contributed by atoms with E-state index in [1.54, 1.807) is 12.0 Å². The van der Waals surface area contributed by atoms with Crippen molar-refractivity contribution in [1.82, 2.24) is 4.90 Å². The Labute approximate surface area is 229 Å². The molecule has 4 aromatic rings. The third-order valence-corrected chi connectivity index (χ3v) is 7.56. The molecule has 0 spiro atoms. The molecule has 202 valence electrons. The van der Waals surface area contributed by atoms with Crippen molar-refractivity contribution >= 4 is 16.9 Å². The van der Waals surface area contributed by atoms with Crippen molar-refractivity contribution in [2.75, 3.05) is 13.7 Å². The number of benzene rings is 3. The van der Waals surface area contributed by atoms with Gasteiger partial charge < -0.3 is 18.8 Å². The Bertz CT molecular complexity index is 1590. The van der Waals surface area contributed by atoms with Gasteiger partial charge in [-0.1, -0.05) is 55.7 Å². The average molecular weight is 526 g/mol. The van der Waals surface area contributed by atoms with Crippen LogP contribution in [0.3, 0.4) is 0 Å². The number of aryl methyl sites for hydroxylation is 3.